The number of carbonyl (C=O) groups excluding carboxylic acids is 1. The second kappa shape index (κ2) is 10.6. The van der Waals surface area contributed by atoms with Crippen LogP contribution < -0.4 is 10.5 Å². The molecule has 1 fully saturated rings. The van der Waals surface area contributed by atoms with Gasteiger partial charge in [0.25, 0.3) is 0 Å². The molecule has 186 valence electrons. The summed E-state index contributed by atoms with van der Waals surface area (Å²) >= 11 is 0. The number of anilines is 1. The Morgan fingerprint density at radius 3 is 2.67 bits per heavy atom. The Balaban J connectivity index is 1.46. The van der Waals surface area contributed by atoms with Gasteiger partial charge in [0.15, 0.2) is 5.65 Å². The van der Waals surface area contributed by atoms with Crippen LogP contribution in [0.15, 0.2) is 60.9 Å². The molecule has 1 amide bonds. The van der Waals surface area contributed by atoms with Crippen molar-refractivity contribution in [3.8, 4) is 22.8 Å². The summed E-state index contributed by atoms with van der Waals surface area (Å²) in [6.45, 7) is 3.97. The van der Waals surface area contributed by atoms with Crippen LogP contribution in [0.2, 0.25) is 0 Å². The van der Waals surface area contributed by atoms with Crippen molar-refractivity contribution in [1.29, 1.82) is 0 Å². The number of ether oxygens (including phenoxy) is 3. The van der Waals surface area contributed by atoms with E-state index in [0.29, 0.717) is 61.2 Å². The molecule has 1 unspecified atom stereocenters. The predicted molar refractivity (Wildman–Crippen MR) is 135 cm³/mol. The fourth-order valence-corrected chi connectivity index (χ4v) is 4.14. The third-order valence-electron chi connectivity index (χ3n) is 5.91. The average molecular weight is 489 g/mol. The summed E-state index contributed by atoms with van der Waals surface area (Å²) in [5, 5.41) is 5.54. The molecule has 0 spiro atoms. The van der Waals surface area contributed by atoms with Gasteiger partial charge in [-0.1, -0.05) is 25.1 Å². The normalized spacial score (nSPS) is 16.0. The molecule has 1 aliphatic rings. The van der Waals surface area contributed by atoms with Crippen LogP contribution in [0.25, 0.3) is 22.3 Å². The first-order chi connectivity index (χ1) is 17.6. The molecule has 36 heavy (non-hydrogen) atoms. The molecule has 0 saturated carbocycles. The molecule has 2 aromatic heterocycles. The summed E-state index contributed by atoms with van der Waals surface area (Å²) in [6.07, 6.45) is 1.83. The molecule has 1 aliphatic heterocycles. The topological polar surface area (TPSA) is 118 Å². The number of carbonyl (C=O) groups is 1. The van der Waals surface area contributed by atoms with Crippen molar-refractivity contribution < 1.29 is 19.0 Å². The Bertz CT molecular complexity index is 1330. The molecule has 0 radical (unpaired) electrons. The van der Waals surface area contributed by atoms with Gasteiger partial charge >= 0.3 is 6.09 Å². The fraction of sp³-hybridized carbons (Fsp3) is 0.308. The molecule has 0 aliphatic carbocycles. The number of hydrogen-bond acceptors (Lipinski definition) is 8. The van der Waals surface area contributed by atoms with E-state index in [9.17, 15) is 4.79 Å². The molecule has 1 atom stereocenters. The zero-order valence-electron chi connectivity index (χ0n) is 20.0. The minimum Gasteiger partial charge on any atom is -0.457 e. The van der Waals surface area contributed by atoms with E-state index in [4.69, 9.17) is 25.0 Å². The third kappa shape index (κ3) is 4.94. The predicted octanol–water partition coefficient (Wildman–Crippen LogP) is 4.29. The van der Waals surface area contributed by atoms with Crippen LogP contribution in [0.5, 0.6) is 11.5 Å². The summed E-state index contributed by atoms with van der Waals surface area (Å²) in [5.41, 5.74) is 8.36. The van der Waals surface area contributed by atoms with Gasteiger partial charge in [0.1, 0.15) is 29.3 Å². The highest BCUT2D eigenvalue weighted by Crippen LogP contribution is 2.33. The highest BCUT2D eigenvalue weighted by Gasteiger charge is 2.28. The molecular formula is C26H28N6O4. The summed E-state index contributed by atoms with van der Waals surface area (Å²) < 4.78 is 18.9. The monoisotopic (exact) mass is 488 g/mol. The molecule has 3 heterocycles. The largest absolute Gasteiger partial charge is 0.457 e. The summed E-state index contributed by atoms with van der Waals surface area (Å²) in [7, 11) is 0. The SMILES string of the molecule is CCCOC(=O)N1CCOCC(n2nc(-c3ccc(Oc4ccccc4)cc3)c3c(N)ncnc32)C1. The Hall–Kier alpha value is -4.18. The van der Waals surface area contributed by atoms with E-state index >= 15 is 0 Å². The number of fused-ring (bicyclic) bond motifs is 1. The standard InChI is InChI=1S/C26H28N6O4/c1-2-13-35-26(33)31-12-14-34-16-19(15-31)32-25-22(24(27)28-17-29-25)23(30-32)18-8-10-21(11-9-18)36-20-6-4-3-5-7-20/h3-11,17,19H,2,12-16H2,1H3,(H2,27,28,29). The van der Waals surface area contributed by atoms with Gasteiger partial charge in [-0.05, 0) is 42.8 Å². The van der Waals surface area contributed by atoms with Crippen LogP contribution in [0, 0.1) is 0 Å². The lowest BCUT2D eigenvalue weighted by Gasteiger charge is -2.23. The Kier molecular flexibility index (Phi) is 6.94. The quantitative estimate of drug-likeness (QED) is 0.427. The molecule has 10 heteroatoms. The smallest absolute Gasteiger partial charge is 0.409 e. The highest BCUT2D eigenvalue weighted by atomic mass is 16.6. The minimum atomic E-state index is -0.354. The third-order valence-corrected chi connectivity index (χ3v) is 5.91. The van der Waals surface area contributed by atoms with Crippen molar-refractivity contribution in [2.24, 2.45) is 0 Å². The second-order valence-corrected chi connectivity index (χ2v) is 8.48. The van der Waals surface area contributed by atoms with Gasteiger partial charge in [-0.15, -0.1) is 0 Å². The number of rotatable bonds is 6. The van der Waals surface area contributed by atoms with E-state index in [1.807, 2.05) is 61.5 Å². The number of nitrogens with two attached hydrogens (primary N) is 1. The number of nitrogens with zero attached hydrogens (tertiary/aromatic N) is 5. The number of benzene rings is 2. The number of nitrogen functional groups attached to an aromatic ring is 1. The summed E-state index contributed by atoms with van der Waals surface area (Å²) in [5.74, 6) is 1.80. The maximum Gasteiger partial charge on any atom is 0.409 e. The van der Waals surface area contributed by atoms with Crippen LogP contribution in [0.4, 0.5) is 10.6 Å². The van der Waals surface area contributed by atoms with Gasteiger partial charge in [-0.3, -0.25) is 0 Å². The first kappa shape index (κ1) is 23.6. The summed E-state index contributed by atoms with van der Waals surface area (Å²) in [6, 6.07) is 16.9. The fourth-order valence-electron chi connectivity index (χ4n) is 4.14. The van der Waals surface area contributed by atoms with Crippen LogP contribution >= 0.6 is 0 Å². The van der Waals surface area contributed by atoms with Gasteiger partial charge in [0, 0.05) is 18.7 Å². The van der Waals surface area contributed by atoms with E-state index < -0.39 is 0 Å². The first-order valence-electron chi connectivity index (χ1n) is 12.0. The first-order valence-corrected chi connectivity index (χ1v) is 12.0. The Morgan fingerprint density at radius 1 is 1.11 bits per heavy atom. The maximum atomic E-state index is 12.6. The molecule has 4 aromatic rings. The van der Waals surface area contributed by atoms with Crippen LogP contribution in [-0.2, 0) is 9.47 Å². The molecule has 2 N–H and O–H groups in total. The number of para-hydroxylation sites is 1. The lowest BCUT2D eigenvalue weighted by Crippen LogP contribution is -2.37. The maximum absolute atomic E-state index is 12.6. The van der Waals surface area contributed by atoms with Crippen molar-refractivity contribution in [1.82, 2.24) is 24.6 Å². The molecule has 2 aromatic carbocycles. The second-order valence-electron chi connectivity index (χ2n) is 8.48. The van der Waals surface area contributed by atoms with Crippen LogP contribution in [0.3, 0.4) is 0 Å². The van der Waals surface area contributed by atoms with E-state index in [2.05, 4.69) is 9.97 Å². The van der Waals surface area contributed by atoms with Gasteiger partial charge in [-0.2, -0.15) is 5.10 Å². The van der Waals surface area contributed by atoms with E-state index in [1.54, 1.807) is 9.58 Å². The van der Waals surface area contributed by atoms with Crippen LogP contribution in [0.1, 0.15) is 19.4 Å². The van der Waals surface area contributed by atoms with Gasteiger partial charge < -0.3 is 24.8 Å². The van der Waals surface area contributed by atoms with E-state index in [0.717, 1.165) is 17.7 Å². The zero-order chi connectivity index (χ0) is 24.9. The molecule has 10 nitrogen and oxygen atoms in total. The minimum absolute atomic E-state index is 0.270. The number of hydrogen-bond donors (Lipinski definition) is 1. The Morgan fingerprint density at radius 2 is 1.89 bits per heavy atom. The van der Waals surface area contributed by atoms with Crippen molar-refractivity contribution in [2.75, 3.05) is 38.6 Å². The van der Waals surface area contributed by atoms with E-state index in [-0.39, 0.29) is 12.1 Å². The summed E-state index contributed by atoms with van der Waals surface area (Å²) in [4.78, 5) is 22.9. The van der Waals surface area contributed by atoms with E-state index in [1.165, 1.54) is 6.33 Å². The Labute approximate surface area is 208 Å². The molecule has 5 rings (SSSR count). The zero-order valence-corrected chi connectivity index (χ0v) is 20.0. The molecule has 1 saturated heterocycles. The lowest BCUT2D eigenvalue weighted by molar-refractivity contribution is 0.0970. The molecule has 0 bridgehead atoms. The number of amides is 1. The van der Waals surface area contributed by atoms with Gasteiger partial charge in [0.05, 0.1) is 31.2 Å². The average Bonchev–Trinajstić information content (AvgIpc) is 3.12. The van der Waals surface area contributed by atoms with Crippen LogP contribution in [-0.4, -0.2) is 63.7 Å². The van der Waals surface area contributed by atoms with Crippen molar-refractivity contribution >= 4 is 22.9 Å². The van der Waals surface area contributed by atoms with Crippen molar-refractivity contribution in [3.05, 3.63) is 60.9 Å². The van der Waals surface area contributed by atoms with Crippen molar-refractivity contribution in [2.45, 2.75) is 19.4 Å². The van der Waals surface area contributed by atoms with Gasteiger partial charge in [-0.25, -0.2) is 19.4 Å². The highest BCUT2D eigenvalue weighted by molar-refractivity contribution is 5.98. The lowest BCUT2D eigenvalue weighted by atomic mass is 10.1. The molecular weight excluding hydrogens is 460 g/mol. The van der Waals surface area contributed by atoms with Crippen molar-refractivity contribution in [3.63, 3.8) is 0 Å². The van der Waals surface area contributed by atoms with Gasteiger partial charge in [0.2, 0.25) is 0 Å². The number of aromatic nitrogens is 4.